The first-order chi connectivity index (χ1) is 50.4. The van der Waals surface area contributed by atoms with Crippen LogP contribution in [0.1, 0.15) is 163 Å². The minimum Gasteiger partial charge on any atom is -0.756 e. The summed E-state index contributed by atoms with van der Waals surface area (Å²) in [5.41, 5.74) is 43.8. The smallest absolute Gasteiger partial charge is 0.268 e. The molecule has 20 N–H and O–H groups in total. The first-order valence-corrected chi connectivity index (χ1v) is 37.5. The fraction of sp³-hybridized carbons (Fsp3) is 0.611. The molecule has 597 valence electrons. The Morgan fingerprint density at radius 1 is 0.743 bits per heavy atom. The van der Waals surface area contributed by atoms with Crippen molar-refractivity contribution < 1.29 is 98.7 Å². The maximum atomic E-state index is 14.4. The summed E-state index contributed by atoms with van der Waals surface area (Å²) in [5, 5.41) is 47.8. The van der Waals surface area contributed by atoms with Crippen molar-refractivity contribution in [1.29, 1.82) is 0 Å². The van der Waals surface area contributed by atoms with Gasteiger partial charge >= 0.3 is 0 Å². The number of nitrogen functional groups attached to an aromatic ring is 1. The van der Waals surface area contributed by atoms with Gasteiger partial charge in [0.2, 0.25) is 41.4 Å². The van der Waals surface area contributed by atoms with E-state index in [2.05, 4.69) is 30.6 Å². The van der Waals surface area contributed by atoms with E-state index in [-0.39, 0.29) is 99.8 Å². The first-order valence-electron chi connectivity index (χ1n) is 36.1. The number of nitrogens with two attached hydrogens (primary N) is 7. The van der Waals surface area contributed by atoms with Crippen molar-refractivity contribution >= 4 is 94.3 Å². The molecule has 0 aliphatic carbocycles. The SMILES string of the molecule is CC1=C2N=C(C=C3NC(=C(C)C4=NC(C)(C5N=C1C(C)(CCC(=O)NCC(C)OP(=O)([O-])OC1C(CO)OC(n6cnc7cc(C)c(C)cc76)C1O)C5CC(N)=O)C(C)(CC(N)=O)C4CCC(N)=O)C(C)(CC(N)=O)C3CCC(N)=O)C(C)(C)C2CCC(N)=O.CC1OC(n2cnc3c(N)ncnc32)C(O)C1O.[Co]. The zero-order valence-electron chi connectivity index (χ0n) is 63.2. The van der Waals surface area contributed by atoms with E-state index in [1.807, 2.05) is 87.4 Å². The number of nitrogens with zero attached hydrogens (tertiary/aromatic N) is 9. The number of ether oxygens (including phenoxy) is 2. The summed E-state index contributed by atoms with van der Waals surface area (Å²) in [5.74, 6) is -6.98. The maximum absolute atomic E-state index is 14.4. The summed E-state index contributed by atoms with van der Waals surface area (Å²) in [4.78, 5) is 140. The molecule has 3 fully saturated rings. The third-order valence-corrected chi connectivity index (χ3v) is 24.8. The Hall–Kier alpha value is -8.26. The summed E-state index contributed by atoms with van der Waals surface area (Å²) < 4.78 is 38.9. The molecule has 3 saturated heterocycles. The maximum Gasteiger partial charge on any atom is 0.268 e. The number of allylic oxidation sites excluding steroid dienone is 6. The van der Waals surface area contributed by atoms with Crippen LogP contribution in [0.3, 0.4) is 0 Å². The van der Waals surface area contributed by atoms with Crippen molar-refractivity contribution in [3.05, 3.63) is 76.6 Å². The van der Waals surface area contributed by atoms with Gasteiger partial charge in [0.1, 0.15) is 42.4 Å². The number of aliphatic hydroxyl groups excluding tert-OH is 4. The van der Waals surface area contributed by atoms with Crippen LogP contribution in [0, 0.1) is 59.2 Å². The van der Waals surface area contributed by atoms with E-state index >= 15 is 0 Å². The van der Waals surface area contributed by atoms with Crippen LogP contribution < -0.4 is 55.7 Å². The number of hydrogen-bond acceptors (Lipinski definition) is 26. The number of amides is 7. The number of aromatic nitrogens is 6. The first kappa shape index (κ1) is 84.8. The van der Waals surface area contributed by atoms with Gasteiger partial charge in [-0.3, -0.25) is 57.7 Å². The zero-order chi connectivity index (χ0) is 79.6. The van der Waals surface area contributed by atoms with Gasteiger partial charge < -0.3 is 99.2 Å². The molecule has 19 unspecified atom stereocenters. The van der Waals surface area contributed by atoms with E-state index in [1.165, 1.54) is 30.5 Å². The number of hydrogen-bond donors (Lipinski definition) is 13. The topological polar surface area (TPSA) is 582 Å². The number of aliphatic hydroxyl groups is 4. The van der Waals surface area contributed by atoms with Crippen LogP contribution in [0.5, 0.6) is 0 Å². The molecule has 4 aromatic rings. The Kier molecular flexibility index (Phi) is 25.0. The second kappa shape index (κ2) is 32.2. The van der Waals surface area contributed by atoms with Crippen molar-refractivity contribution in [2.45, 2.75) is 220 Å². The molecular weight excluding hydrogens is 1480 g/mol. The average Bonchev–Trinajstić information content (AvgIpc) is 1.53. The Bertz CT molecular complexity index is 4520. The molecule has 109 heavy (non-hydrogen) atoms. The summed E-state index contributed by atoms with van der Waals surface area (Å²) in [7, 11) is -5.32. The van der Waals surface area contributed by atoms with Crippen molar-refractivity contribution in [3.8, 4) is 0 Å². The number of nitrogens with one attached hydrogen (secondary N) is 2. The van der Waals surface area contributed by atoms with Crippen LogP contribution in [-0.4, -0.2) is 175 Å². The Morgan fingerprint density at radius 3 is 1.94 bits per heavy atom. The molecule has 7 aliphatic heterocycles. The summed E-state index contributed by atoms with van der Waals surface area (Å²) >= 11 is 0. The number of benzene rings is 1. The van der Waals surface area contributed by atoms with Crippen LogP contribution in [0.25, 0.3) is 22.2 Å². The Labute approximate surface area is 640 Å². The fourth-order valence-electron chi connectivity index (χ4n) is 17.5. The Morgan fingerprint density at radius 2 is 1.35 bits per heavy atom. The molecule has 7 aliphatic rings. The summed E-state index contributed by atoms with van der Waals surface area (Å²) in [6.07, 6.45) is -4.95. The van der Waals surface area contributed by atoms with Crippen LogP contribution in [0.15, 0.2) is 80.4 Å². The number of aryl methyl sites for hydroxylation is 2. The van der Waals surface area contributed by atoms with Gasteiger partial charge in [-0.05, 0) is 115 Å². The normalized spacial score (nSPS) is 31.8. The van der Waals surface area contributed by atoms with Gasteiger partial charge in [-0.1, -0.05) is 34.6 Å². The third-order valence-electron chi connectivity index (χ3n) is 23.7. The number of phosphoric acid groups is 1. The van der Waals surface area contributed by atoms with Gasteiger partial charge in [0, 0.05) is 148 Å². The predicted octanol–water partition coefficient (Wildman–Crippen LogP) is 1.58. The van der Waals surface area contributed by atoms with E-state index < -0.39 is 168 Å². The van der Waals surface area contributed by atoms with Gasteiger partial charge in [0.05, 0.1) is 54.1 Å². The van der Waals surface area contributed by atoms with E-state index in [0.29, 0.717) is 67.6 Å². The van der Waals surface area contributed by atoms with E-state index in [4.69, 9.17) is 73.6 Å². The largest absolute Gasteiger partial charge is 0.756 e. The molecule has 11 rings (SSSR count). The molecular formula is C72H102CoN18O17P-. The molecule has 0 saturated carbocycles. The van der Waals surface area contributed by atoms with Gasteiger partial charge in [-0.25, -0.2) is 19.9 Å². The second-order valence-electron chi connectivity index (χ2n) is 31.4. The fourth-order valence-corrected chi connectivity index (χ4v) is 18.7. The Balaban J connectivity index is 0.000000623. The van der Waals surface area contributed by atoms with Crippen LogP contribution in [-0.2, 0) is 73.4 Å². The van der Waals surface area contributed by atoms with Crippen molar-refractivity contribution in [2.24, 2.45) is 94.7 Å². The van der Waals surface area contributed by atoms with Gasteiger partial charge in [0.25, 0.3) is 7.82 Å². The summed E-state index contributed by atoms with van der Waals surface area (Å²) in [6.45, 7) is 20.8. The number of carbonyl (C=O) groups excluding carboxylic acids is 7. The van der Waals surface area contributed by atoms with Gasteiger partial charge in [-0.2, -0.15) is 0 Å². The van der Waals surface area contributed by atoms with Crippen LogP contribution >= 0.6 is 7.82 Å². The molecule has 8 bridgehead atoms. The van der Waals surface area contributed by atoms with Crippen molar-refractivity contribution in [2.75, 3.05) is 18.9 Å². The molecule has 3 aromatic heterocycles. The van der Waals surface area contributed by atoms with Crippen molar-refractivity contribution in [1.82, 2.24) is 39.7 Å². The minimum absolute atomic E-state index is 0. The monoisotopic (exact) mass is 1580 g/mol. The number of phosphoric ester groups is 1. The number of rotatable bonds is 27. The molecule has 19 atom stereocenters. The molecule has 0 spiro atoms. The minimum atomic E-state index is -5.32. The number of carbonyl (C=O) groups is 7. The molecule has 10 heterocycles. The molecule has 1 aromatic carbocycles. The number of anilines is 1. The van der Waals surface area contributed by atoms with Gasteiger partial charge in [0.15, 0.2) is 23.9 Å². The van der Waals surface area contributed by atoms with Crippen LogP contribution in [0.2, 0.25) is 0 Å². The predicted molar refractivity (Wildman–Crippen MR) is 393 cm³/mol. The molecule has 1 radical (unpaired) electrons. The molecule has 35 nitrogen and oxygen atoms in total. The second-order valence-corrected chi connectivity index (χ2v) is 32.7. The molecule has 7 amide bonds. The van der Waals surface area contributed by atoms with Crippen LogP contribution in [0.4, 0.5) is 5.82 Å². The number of aliphatic imine (C=N–C) groups is 3. The van der Waals surface area contributed by atoms with Gasteiger partial charge in [-0.15, -0.1) is 0 Å². The number of fused-ring (bicyclic) bond motifs is 8. The number of primary amides is 6. The van der Waals surface area contributed by atoms with E-state index in [0.717, 1.165) is 11.1 Å². The number of imidazole rings is 2. The quantitative estimate of drug-likeness (QED) is 0.0377. The van der Waals surface area contributed by atoms with E-state index in [9.17, 15) is 63.4 Å². The average molecular weight is 1580 g/mol. The van der Waals surface area contributed by atoms with Crippen molar-refractivity contribution in [3.63, 3.8) is 0 Å². The van der Waals surface area contributed by atoms with E-state index in [1.54, 1.807) is 11.5 Å². The molecule has 37 heteroatoms. The zero-order valence-corrected chi connectivity index (χ0v) is 65.1. The third kappa shape index (κ3) is 16.3. The summed E-state index contributed by atoms with van der Waals surface area (Å²) in [6, 6.07) is 2.67. The standard InChI is InChI=1S/C62H90N13O14P.C10H13N5O3.Co/c1-29-20-39-40(21-30(29)2)75(28-70-39)57-52(84)53(41(27-76)87-57)89-90(85,86)88-31(3)26-69-49(83)18-19-59(8)37(22-46(66)80)56-62(11)61(10,25-48(68)82)36(14-17-45(65)79)51(74-62)33(5)55-60(9,24-47(67)81)34(12-15-43(63)77)38(71-55)23-42-58(6,7)35(13-16-44(64)78)50(72-42)32(4)54(59)73-56;1-4-6(16)7(17)10(18-4)15-3-14-5-8(11)12-2-13-9(5)15;/h20-21,23,28,31,34-37,41,52-53,56-57,71,76,84H,12-19,22,24-27H2,1-11H3,(H2,63,77)(H2,64,78)(H2,65,79)(H2,66,80)(H2,67,81)(H2,68,82)(H,69,83)(H,85,86);2-4,6-7,10,16-17H,1H3,(H2,11,12,13);/p-1.